The van der Waals surface area contributed by atoms with Crippen LogP contribution in [0.4, 0.5) is 10.5 Å². The molecule has 2 N–H and O–H groups in total. The summed E-state index contributed by atoms with van der Waals surface area (Å²) in [6.45, 7) is 4.64. The maximum absolute atomic E-state index is 14.0. The average molecular weight is 493 g/mol. The third kappa shape index (κ3) is 4.14. The van der Waals surface area contributed by atoms with E-state index in [0.717, 1.165) is 44.9 Å². The molecule has 2 amide bonds. The lowest BCUT2D eigenvalue weighted by Gasteiger charge is -2.50. The number of nitrogens with zero attached hydrogens (tertiary/aromatic N) is 5. The molecule has 2 saturated carbocycles. The van der Waals surface area contributed by atoms with Crippen LogP contribution in [0.3, 0.4) is 0 Å². The summed E-state index contributed by atoms with van der Waals surface area (Å²) in [5.74, 6) is 0.841. The largest absolute Gasteiger partial charge is 0.479 e. The molecule has 1 aromatic carbocycles. The molecule has 1 saturated heterocycles. The van der Waals surface area contributed by atoms with Crippen molar-refractivity contribution in [3.63, 3.8) is 0 Å². The van der Waals surface area contributed by atoms with Gasteiger partial charge in [0, 0.05) is 5.54 Å². The topological polar surface area (TPSA) is 103 Å². The molecule has 36 heavy (non-hydrogen) atoms. The first-order valence-corrected chi connectivity index (χ1v) is 12.8. The van der Waals surface area contributed by atoms with Crippen molar-refractivity contribution >= 4 is 18.4 Å². The Balaban J connectivity index is 1.47. The highest BCUT2D eigenvalue weighted by Gasteiger charge is 2.56. The minimum atomic E-state index is -0.810. The van der Waals surface area contributed by atoms with Gasteiger partial charge in [-0.25, -0.2) is 9.78 Å². The van der Waals surface area contributed by atoms with Crippen LogP contribution in [0.2, 0.25) is 0 Å². The number of aliphatic hydroxyl groups is 1. The van der Waals surface area contributed by atoms with E-state index < -0.39 is 5.60 Å². The second-order valence-electron chi connectivity index (χ2n) is 10.5. The van der Waals surface area contributed by atoms with E-state index >= 15 is 0 Å². The highest BCUT2D eigenvalue weighted by atomic mass is 16.5. The predicted molar refractivity (Wildman–Crippen MR) is 138 cm³/mol. The number of amides is 2. The fraction of sp³-hybridized carbons (Fsp3) is 0.556. The van der Waals surface area contributed by atoms with E-state index in [1.807, 2.05) is 18.0 Å². The zero-order valence-electron chi connectivity index (χ0n) is 21.2. The number of aromatic nitrogens is 2. The number of β-amino-alcohol motifs (C(OH)–C–C–N with tert-alkyl or cyclic N) is 1. The molecule has 2 aromatic rings. The third-order valence-corrected chi connectivity index (χ3v) is 8.59. The molecule has 3 aliphatic rings. The van der Waals surface area contributed by atoms with Gasteiger partial charge in [0.25, 0.3) is 0 Å². The number of anilines is 1. The number of carbonyl (C=O) groups is 1. The molecule has 1 aliphatic heterocycles. The normalized spacial score (nSPS) is 27.2. The molecule has 9 nitrogen and oxygen atoms in total. The summed E-state index contributed by atoms with van der Waals surface area (Å²) in [7, 11) is 3.57. The van der Waals surface area contributed by atoms with E-state index in [-0.39, 0.29) is 23.7 Å². The maximum Gasteiger partial charge on any atom is 0.325 e. The fourth-order valence-corrected chi connectivity index (χ4v) is 6.17. The molecular formula is C27H36N6O3. The summed E-state index contributed by atoms with van der Waals surface area (Å²) in [6, 6.07) is 10.4. The van der Waals surface area contributed by atoms with Crippen LogP contribution in [-0.2, 0) is 12.1 Å². The first-order valence-electron chi connectivity index (χ1n) is 12.8. The minimum absolute atomic E-state index is 0.122. The first-order chi connectivity index (χ1) is 17.4. The van der Waals surface area contributed by atoms with E-state index in [2.05, 4.69) is 51.3 Å². The number of urea groups is 1. The number of hydrogen-bond donors (Lipinski definition) is 2. The van der Waals surface area contributed by atoms with Crippen LogP contribution in [0.25, 0.3) is 0 Å². The first kappa shape index (κ1) is 24.6. The Morgan fingerprint density at radius 1 is 1.17 bits per heavy atom. The molecule has 2 aliphatic carbocycles. The van der Waals surface area contributed by atoms with Crippen molar-refractivity contribution < 1.29 is 14.6 Å². The number of carbonyl (C=O) groups excluding carboxylic acids is 1. The number of nitrogens with one attached hydrogen (secondary N) is 1. The van der Waals surface area contributed by atoms with Crippen LogP contribution in [0.5, 0.6) is 5.88 Å². The quantitative estimate of drug-likeness (QED) is 0.549. The zero-order valence-corrected chi connectivity index (χ0v) is 21.2. The third-order valence-electron chi connectivity index (χ3n) is 8.59. The van der Waals surface area contributed by atoms with Crippen LogP contribution in [0.15, 0.2) is 41.5 Å². The Bertz CT molecular complexity index is 1110. The fourth-order valence-electron chi connectivity index (χ4n) is 6.17. The summed E-state index contributed by atoms with van der Waals surface area (Å²) < 4.78 is 5.56. The van der Waals surface area contributed by atoms with Gasteiger partial charge in [-0.1, -0.05) is 30.3 Å². The van der Waals surface area contributed by atoms with Gasteiger partial charge in [0.15, 0.2) is 5.82 Å². The van der Waals surface area contributed by atoms with Crippen LogP contribution in [0, 0.1) is 0 Å². The van der Waals surface area contributed by atoms with Gasteiger partial charge in [-0.05, 0) is 64.3 Å². The molecule has 1 spiro atoms. The van der Waals surface area contributed by atoms with Gasteiger partial charge in [0.1, 0.15) is 5.69 Å². The number of methoxy groups -OCH3 is 1. The van der Waals surface area contributed by atoms with Crippen LogP contribution < -0.4 is 15.0 Å². The maximum atomic E-state index is 14.0. The molecule has 0 radical (unpaired) electrons. The van der Waals surface area contributed by atoms with Crippen LogP contribution >= 0.6 is 0 Å². The summed E-state index contributed by atoms with van der Waals surface area (Å²) in [5, 5.41) is 14.7. The van der Waals surface area contributed by atoms with E-state index in [0.29, 0.717) is 30.5 Å². The Morgan fingerprint density at radius 2 is 1.89 bits per heavy atom. The number of rotatable bonds is 8. The SMILES string of the molecule is C=NCc1ncc(N2CC3(CCC(NC)(c4ccccc4)CC3)N(CC3(O)CCC3)C2=O)c(OC)n1. The van der Waals surface area contributed by atoms with Gasteiger partial charge in [0.2, 0.25) is 5.88 Å². The van der Waals surface area contributed by atoms with Crippen molar-refractivity contribution in [3.8, 4) is 5.88 Å². The number of benzene rings is 1. The lowest BCUT2D eigenvalue weighted by molar-refractivity contribution is -0.0690. The van der Waals surface area contributed by atoms with Crippen molar-refractivity contribution in [1.82, 2.24) is 20.2 Å². The molecule has 2 heterocycles. The van der Waals surface area contributed by atoms with E-state index in [4.69, 9.17) is 4.74 Å². The van der Waals surface area contributed by atoms with Crippen LogP contribution in [-0.4, -0.2) is 71.1 Å². The second kappa shape index (κ2) is 9.44. The van der Waals surface area contributed by atoms with Crippen LogP contribution in [0.1, 0.15) is 56.3 Å². The number of hydrogen-bond acceptors (Lipinski definition) is 7. The standard InChI is InChI=1S/C27H36N6O3/c1-28-17-22-30-16-21(23(31-22)36-3)32-18-25(33(24(32)34)19-26(35)10-7-11-26)12-14-27(29-2,15-13-25)20-8-5-4-6-9-20/h4-6,8-9,16,29,35H,1,7,10-15,17-19H2,2-3H3. The van der Waals surface area contributed by atoms with Crippen molar-refractivity contribution in [2.75, 3.05) is 32.1 Å². The highest BCUT2D eigenvalue weighted by Crippen LogP contribution is 2.49. The van der Waals surface area contributed by atoms with E-state index in [9.17, 15) is 9.90 Å². The van der Waals surface area contributed by atoms with E-state index in [1.54, 1.807) is 18.2 Å². The summed E-state index contributed by atoms with van der Waals surface area (Å²) >= 11 is 0. The van der Waals surface area contributed by atoms with Gasteiger partial charge >= 0.3 is 6.03 Å². The summed E-state index contributed by atoms with van der Waals surface area (Å²) in [6.07, 6.45) is 7.52. The molecule has 0 bridgehead atoms. The van der Waals surface area contributed by atoms with Crippen molar-refractivity contribution in [3.05, 3.63) is 47.9 Å². The average Bonchev–Trinajstić information content (AvgIpc) is 3.15. The Morgan fingerprint density at radius 3 is 2.47 bits per heavy atom. The van der Waals surface area contributed by atoms with Gasteiger partial charge in [-0.15, -0.1) is 0 Å². The summed E-state index contributed by atoms with van der Waals surface area (Å²) in [5.41, 5.74) is 0.488. The predicted octanol–water partition coefficient (Wildman–Crippen LogP) is 3.27. The monoisotopic (exact) mass is 492 g/mol. The molecule has 0 atom stereocenters. The Hall–Kier alpha value is -3.04. The minimum Gasteiger partial charge on any atom is -0.479 e. The Kier molecular flexibility index (Phi) is 6.46. The van der Waals surface area contributed by atoms with Gasteiger partial charge in [-0.3, -0.25) is 9.89 Å². The van der Waals surface area contributed by atoms with Gasteiger partial charge < -0.3 is 20.1 Å². The van der Waals surface area contributed by atoms with Crippen molar-refractivity contribution in [1.29, 1.82) is 0 Å². The summed E-state index contributed by atoms with van der Waals surface area (Å²) in [4.78, 5) is 30.3. The molecule has 1 aromatic heterocycles. The zero-order chi connectivity index (χ0) is 25.4. The Labute approximate surface area is 212 Å². The second-order valence-corrected chi connectivity index (χ2v) is 10.5. The molecule has 9 heteroatoms. The van der Waals surface area contributed by atoms with Gasteiger partial charge in [0.05, 0.1) is 44.1 Å². The molecule has 5 rings (SSSR count). The highest BCUT2D eigenvalue weighted by molar-refractivity contribution is 5.96. The van der Waals surface area contributed by atoms with E-state index in [1.165, 1.54) is 5.56 Å². The smallest absolute Gasteiger partial charge is 0.325 e. The number of aliphatic imine (C=N–C) groups is 1. The number of ether oxygens (including phenoxy) is 1. The molecule has 3 fully saturated rings. The van der Waals surface area contributed by atoms with Crippen molar-refractivity contribution in [2.45, 2.75) is 68.2 Å². The molecule has 192 valence electrons. The molecular weight excluding hydrogens is 456 g/mol. The lowest BCUT2D eigenvalue weighted by Crippen LogP contribution is -2.59. The lowest BCUT2D eigenvalue weighted by atomic mass is 9.68. The van der Waals surface area contributed by atoms with Crippen molar-refractivity contribution in [2.24, 2.45) is 4.99 Å². The van der Waals surface area contributed by atoms with Gasteiger partial charge in [-0.2, -0.15) is 4.98 Å². The molecule has 0 unspecified atom stereocenters.